The number of hydrogen-bond acceptors (Lipinski definition) is 8. The number of anilines is 1. The van der Waals surface area contributed by atoms with Crippen molar-refractivity contribution in [3.8, 4) is 23.0 Å². The number of hydrogen-bond donors (Lipinski definition) is 1. The number of fused-ring (bicyclic) bond motifs is 2. The molecular weight excluding hydrogens is 466 g/mol. The van der Waals surface area contributed by atoms with Crippen LogP contribution in [0.3, 0.4) is 0 Å². The molecule has 5 aromatic rings. The van der Waals surface area contributed by atoms with E-state index in [1.165, 1.54) is 11.3 Å². The first-order valence-electron chi connectivity index (χ1n) is 11.0. The van der Waals surface area contributed by atoms with E-state index >= 15 is 0 Å². The molecule has 35 heavy (non-hydrogen) atoms. The minimum Gasteiger partial charge on any atom is -0.463 e. The standard InChI is InChI=1S/C25H21N5O4S/c1-13-21(10-15-6-7-19-20(9-15)34-12-33-19)35-25(26-13)28-24(31)16-11-17(18-5-4-8-32-18)27-23-22(16)14(2)29-30(23)3/h4-9,11H,10,12H2,1-3H3,(H,26,28,31). The third kappa shape index (κ3) is 3.81. The van der Waals surface area contributed by atoms with Crippen LogP contribution in [0, 0.1) is 13.8 Å². The van der Waals surface area contributed by atoms with E-state index < -0.39 is 0 Å². The van der Waals surface area contributed by atoms with E-state index in [-0.39, 0.29) is 12.7 Å². The van der Waals surface area contributed by atoms with Crippen molar-refractivity contribution in [2.24, 2.45) is 7.05 Å². The van der Waals surface area contributed by atoms with Crippen LogP contribution < -0.4 is 14.8 Å². The number of ether oxygens (including phenoxy) is 2. The number of aromatic nitrogens is 4. The predicted molar refractivity (Wildman–Crippen MR) is 131 cm³/mol. The molecular formula is C25H21N5O4S. The van der Waals surface area contributed by atoms with Crippen LogP contribution in [0.25, 0.3) is 22.5 Å². The summed E-state index contributed by atoms with van der Waals surface area (Å²) in [6, 6.07) is 11.2. The summed E-state index contributed by atoms with van der Waals surface area (Å²) in [5.41, 5.74) is 4.33. The molecule has 176 valence electrons. The maximum absolute atomic E-state index is 13.4. The van der Waals surface area contributed by atoms with Crippen LogP contribution in [-0.4, -0.2) is 32.4 Å². The minimum absolute atomic E-state index is 0.245. The van der Waals surface area contributed by atoms with Crippen molar-refractivity contribution in [1.82, 2.24) is 19.7 Å². The van der Waals surface area contributed by atoms with Gasteiger partial charge in [-0.25, -0.2) is 9.97 Å². The van der Waals surface area contributed by atoms with Crippen molar-refractivity contribution in [3.63, 3.8) is 0 Å². The fourth-order valence-corrected chi connectivity index (χ4v) is 5.21. The fraction of sp³-hybridized carbons (Fsp3) is 0.200. The highest BCUT2D eigenvalue weighted by Gasteiger charge is 2.22. The van der Waals surface area contributed by atoms with Crippen LogP contribution >= 0.6 is 11.3 Å². The van der Waals surface area contributed by atoms with Gasteiger partial charge in [-0.3, -0.25) is 14.8 Å². The molecule has 0 radical (unpaired) electrons. The fourth-order valence-electron chi connectivity index (χ4n) is 4.22. The summed E-state index contributed by atoms with van der Waals surface area (Å²) in [6.45, 7) is 4.05. The van der Waals surface area contributed by atoms with Gasteiger partial charge in [-0.05, 0) is 49.7 Å². The molecule has 10 heteroatoms. The van der Waals surface area contributed by atoms with Crippen molar-refractivity contribution in [1.29, 1.82) is 0 Å². The van der Waals surface area contributed by atoms with Crippen molar-refractivity contribution in [2.75, 3.05) is 12.1 Å². The van der Waals surface area contributed by atoms with E-state index in [0.717, 1.165) is 33.3 Å². The molecule has 1 amide bonds. The van der Waals surface area contributed by atoms with Crippen LogP contribution in [0.5, 0.6) is 11.5 Å². The molecule has 1 aliphatic heterocycles. The molecule has 1 aromatic carbocycles. The molecule has 0 aliphatic carbocycles. The van der Waals surface area contributed by atoms with Crippen molar-refractivity contribution in [2.45, 2.75) is 20.3 Å². The SMILES string of the molecule is Cc1nc(NC(=O)c2cc(-c3ccco3)nc3c2c(C)nn3C)sc1Cc1ccc2c(c1)OCO2. The second-order valence-corrected chi connectivity index (χ2v) is 9.37. The number of amides is 1. The summed E-state index contributed by atoms with van der Waals surface area (Å²) >= 11 is 1.46. The largest absolute Gasteiger partial charge is 0.463 e. The quantitative estimate of drug-likeness (QED) is 0.377. The van der Waals surface area contributed by atoms with Crippen molar-refractivity contribution < 1.29 is 18.7 Å². The Labute approximate surface area is 204 Å². The Morgan fingerprint density at radius 3 is 2.80 bits per heavy atom. The Morgan fingerprint density at radius 2 is 1.97 bits per heavy atom. The zero-order valence-corrected chi connectivity index (χ0v) is 20.1. The van der Waals surface area contributed by atoms with Gasteiger partial charge in [0.1, 0.15) is 5.69 Å². The van der Waals surface area contributed by atoms with Gasteiger partial charge < -0.3 is 13.9 Å². The highest BCUT2D eigenvalue weighted by molar-refractivity contribution is 7.15. The van der Waals surface area contributed by atoms with Crippen LogP contribution in [-0.2, 0) is 13.5 Å². The van der Waals surface area contributed by atoms with Gasteiger partial charge in [-0.2, -0.15) is 5.10 Å². The van der Waals surface area contributed by atoms with Crippen molar-refractivity contribution in [3.05, 3.63) is 70.1 Å². The number of benzene rings is 1. The second-order valence-electron chi connectivity index (χ2n) is 8.29. The first kappa shape index (κ1) is 21.4. The molecule has 1 N–H and O–H groups in total. The molecule has 0 atom stereocenters. The van der Waals surface area contributed by atoms with Gasteiger partial charge in [0.25, 0.3) is 5.91 Å². The van der Waals surface area contributed by atoms with Crippen LogP contribution in [0.15, 0.2) is 47.1 Å². The van der Waals surface area contributed by atoms with Gasteiger partial charge in [0.15, 0.2) is 28.0 Å². The number of nitrogens with one attached hydrogen (secondary N) is 1. The maximum atomic E-state index is 13.4. The highest BCUT2D eigenvalue weighted by Crippen LogP contribution is 2.35. The number of carbonyl (C=O) groups is 1. The van der Waals surface area contributed by atoms with Gasteiger partial charge in [0.05, 0.1) is 28.6 Å². The zero-order valence-electron chi connectivity index (χ0n) is 19.3. The van der Waals surface area contributed by atoms with E-state index in [4.69, 9.17) is 13.9 Å². The summed E-state index contributed by atoms with van der Waals surface area (Å²) in [6.07, 6.45) is 2.26. The first-order valence-corrected chi connectivity index (χ1v) is 11.8. The lowest BCUT2D eigenvalue weighted by atomic mass is 10.1. The summed E-state index contributed by atoms with van der Waals surface area (Å²) in [5.74, 6) is 1.81. The average molecular weight is 488 g/mol. The monoisotopic (exact) mass is 487 g/mol. The number of furan rings is 1. The molecule has 5 heterocycles. The number of rotatable bonds is 5. The van der Waals surface area contributed by atoms with E-state index in [2.05, 4.69) is 20.4 Å². The Balaban J connectivity index is 1.31. The molecule has 0 fully saturated rings. The Bertz CT molecular complexity index is 1590. The Hall–Kier alpha value is -4.18. The van der Waals surface area contributed by atoms with Crippen LogP contribution in [0.2, 0.25) is 0 Å². The van der Waals surface area contributed by atoms with Gasteiger partial charge >= 0.3 is 0 Å². The van der Waals surface area contributed by atoms with Crippen LogP contribution in [0.1, 0.15) is 32.2 Å². The Kier molecular flexibility index (Phi) is 5.03. The van der Waals surface area contributed by atoms with Gasteiger partial charge in [-0.1, -0.05) is 6.07 Å². The highest BCUT2D eigenvalue weighted by atomic mass is 32.1. The number of aryl methyl sites for hydroxylation is 3. The van der Waals surface area contributed by atoms with Gasteiger partial charge in [0, 0.05) is 18.3 Å². The van der Waals surface area contributed by atoms with Crippen LogP contribution in [0.4, 0.5) is 5.13 Å². The molecule has 0 saturated heterocycles. The molecule has 9 nitrogen and oxygen atoms in total. The third-order valence-electron chi connectivity index (χ3n) is 5.90. The second kappa shape index (κ2) is 8.24. The lowest BCUT2D eigenvalue weighted by Gasteiger charge is -2.07. The van der Waals surface area contributed by atoms with Gasteiger partial charge in [0.2, 0.25) is 6.79 Å². The molecule has 0 saturated carbocycles. The molecule has 0 unspecified atom stereocenters. The third-order valence-corrected chi connectivity index (χ3v) is 6.97. The zero-order chi connectivity index (χ0) is 24.1. The topological polar surface area (TPSA) is 104 Å². The predicted octanol–water partition coefficient (Wildman–Crippen LogP) is 4.87. The molecule has 4 aromatic heterocycles. The lowest BCUT2D eigenvalue weighted by Crippen LogP contribution is -2.13. The average Bonchev–Trinajstić information content (AvgIpc) is 3.63. The van der Waals surface area contributed by atoms with E-state index in [1.807, 2.05) is 45.2 Å². The Morgan fingerprint density at radius 1 is 1.11 bits per heavy atom. The van der Waals surface area contributed by atoms with E-state index in [0.29, 0.717) is 39.6 Å². The van der Waals surface area contributed by atoms with Gasteiger partial charge in [-0.15, -0.1) is 11.3 Å². The summed E-state index contributed by atoms with van der Waals surface area (Å²) in [7, 11) is 1.81. The summed E-state index contributed by atoms with van der Waals surface area (Å²) < 4.78 is 18.1. The lowest BCUT2D eigenvalue weighted by molar-refractivity contribution is 0.102. The number of nitrogens with zero attached hydrogens (tertiary/aromatic N) is 4. The first-order chi connectivity index (χ1) is 17.0. The molecule has 1 aliphatic rings. The summed E-state index contributed by atoms with van der Waals surface area (Å²) in [4.78, 5) is 23.8. The van der Waals surface area contributed by atoms with E-state index in [9.17, 15) is 4.79 Å². The smallest absolute Gasteiger partial charge is 0.258 e. The molecule has 0 spiro atoms. The molecule has 6 rings (SSSR count). The molecule has 0 bridgehead atoms. The number of carbonyl (C=O) groups excluding carboxylic acids is 1. The van der Waals surface area contributed by atoms with E-state index in [1.54, 1.807) is 23.1 Å². The number of pyridine rings is 1. The number of thiazole rings is 1. The van der Waals surface area contributed by atoms with Crippen molar-refractivity contribution >= 4 is 33.4 Å². The summed E-state index contributed by atoms with van der Waals surface area (Å²) in [5, 5.41) is 8.68. The minimum atomic E-state index is -0.273. The maximum Gasteiger partial charge on any atom is 0.258 e. The normalized spacial score (nSPS) is 12.4.